The minimum Gasteiger partial charge on any atom is -0.351 e. The second-order valence-electron chi connectivity index (χ2n) is 5.19. The zero-order chi connectivity index (χ0) is 14.8. The third-order valence-corrected chi connectivity index (χ3v) is 6.11. The van der Waals surface area contributed by atoms with Crippen molar-refractivity contribution in [2.45, 2.75) is 36.5 Å². The highest BCUT2D eigenvalue weighted by atomic mass is 32.2. The van der Waals surface area contributed by atoms with Crippen LogP contribution in [0.2, 0.25) is 0 Å². The molecule has 20 heavy (non-hydrogen) atoms. The second kappa shape index (κ2) is 6.18. The largest absolute Gasteiger partial charge is 0.351 e. The molecule has 0 spiro atoms. The summed E-state index contributed by atoms with van der Waals surface area (Å²) >= 11 is 1.49. The predicted molar refractivity (Wildman–Crippen MR) is 81.7 cm³/mol. The lowest BCUT2D eigenvalue weighted by Crippen LogP contribution is -2.39. The maximum absolute atomic E-state index is 12.1. The number of rotatable bonds is 4. The molecule has 0 bridgehead atoms. The van der Waals surface area contributed by atoms with Crippen LogP contribution in [-0.4, -0.2) is 37.1 Å². The van der Waals surface area contributed by atoms with Gasteiger partial charge in [0.2, 0.25) is 5.91 Å². The van der Waals surface area contributed by atoms with Gasteiger partial charge in [0.15, 0.2) is 9.84 Å². The minimum absolute atomic E-state index is 0.0700. The Morgan fingerprint density at radius 3 is 2.80 bits per heavy atom. The maximum Gasteiger partial charge on any atom is 0.233 e. The summed E-state index contributed by atoms with van der Waals surface area (Å²) in [6.45, 7) is 3.85. The van der Waals surface area contributed by atoms with E-state index in [1.54, 1.807) is 0 Å². The van der Waals surface area contributed by atoms with E-state index in [0.717, 1.165) is 10.5 Å². The molecule has 0 radical (unpaired) electrons. The Hall–Kier alpha value is -1.01. The second-order valence-corrected chi connectivity index (χ2v) is 8.83. The van der Waals surface area contributed by atoms with E-state index in [1.165, 1.54) is 11.8 Å². The average Bonchev–Trinajstić information content (AvgIpc) is 2.68. The fourth-order valence-corrected chi connectivity index (χ4v) is 4.84. The van der Waals surface area contributed by atoms with Crippen molar-refractivity contribution in [3.05, 3.63) is 29.8 Å². The molecule has 1 N–H and O–H groups in total. The molecule has 1 amide bonds. The first-order valence-corrected chi connectivity index (χ1v) is 9.30. The number of hydrogen-bond acceptors (Lipinski definition) is 4. The van der Waals surface area contributed by atoms with Gasteiger partial charge in [-0.1, -0.05) is 17.7 Å². The van der Waals surface area contributed by atoms with Crippen LogP contribution in [0.5, 0.6) is 0 Å². The van der Waals surface area contributed by atoms with Gasteiger partial charge >= 0.3 is 0 Å². The number of thioether (sulfide) groups is 1. The lowest BCUT2D eigenvalue weighted by atomic mass is 10.2. The fourth-order valence-electron chi connectivity index (χ4n) is 2.17. The van der Waals surface area contributed by atoms with Gasteiger partial charge in [-0.25, -0.2) is 8.42 Å². The Bertz CT molecular complexity index is 598. The van der Waals surface area contributed by atoms with Gasteiger partial charge < -0.3 is 5.32 Å². The lowest BCUT2D eigenvalue weighted by molar-refractivity contribution is -0.120. The van der Waals surface area contributed by atoms with Crippen molar-refractivity contribution in [3.8, 4) is 0 Å². The van der Waals surface area contributed by atoms with Crippen molar-refractivity contribution in [2.75, 3.05) is 11.5 Å². The molecular formula is C14H19NO3S2. The number of carbonyl (C=O) groups is 1. The zero-order valence-corrected chi connectivity index (χ0v) is 13.3. The van der Waals surface area contributed by atoms with Crippen LogP contribution in [0.3, 0.4) is 0 Å². The van der Waals surface area contributed by atoms with Crippen molar-refractivity contribution < 1.29 is 13.2 Å². The Balaban J connectivity index is 1.89. The highest BCUT2D eigenvalue weighted by Gasteiger charge is 2.30. The lowest BCUT2D eigenvalue weighted by Gasteiger charge is -2.15. The van der Waals surface area contributed by atoms with Gasteiger partial charge in [0.25, 0.3) is 0 Å². The molecule has 1 heterocycles. The Morgan fingerprint density at radius 1 is 1.45 bits per heavy atom. The third-order valence-electron chi connectivity index (χ3n) is 3.25. The smallest absolute Gasteiger partial charge is 0.233 e. The van der Waals surface area contributed by atoms with Crippen LogP contribution in [-0.2, 0) is 14.6 Å². The molecule has 1 aromatic carbocycles. The molecule has 1 aliphatic rings. The number of sulfone groups is 1. The van der Waals surface area contributed by atoms with Gasteiger partial charge in [-0.05, 0) is 32.4 Å². The van der Waals surface area contributed by atoms with Crippen LogP contribution in [0.25, 0.3) is 0 Å². The fraction of sp³-hybridized carbons (Fsp3) is 0.500. The summed E-state index contributed by atoms with van der Waals surface area (Å²) < 4.78 is 22.7. The van der Waals surface area contributed by atoms with Crippen molar-refractivity contribution in [3.63, 3.8) is 0 Å². The molecule has 2 atom stereocenters. The molecule has 6 heteroatoms. The number of nitrogens with one attached hydrogen (secondary N) is 1. The SMILES string of the molecule is Cc1cccc(SC(C)C(=O)NC2CCS(=O)(=O)C2)c1. The highest BCUT2D eigenvalue weighted by Crippen LogP contribution is 2.24. The summed E-state index contributed by atoms with van der Waals surface area (Å²) in [6, 6.07) is 7.76. The molecule has 1 aliphatic heterocycles. The first-order valence-electron chi connectivity index (χ1n) is 6.60. The van der Waals surface area contributed by atoms with Gasteiger partial charge in [0.05, 0.1) is 16.8 Å². The Labute approximate surface area is 124 Å². The highest BCUT2D eigenvalue weighted by molar-refractivity contribution is 8.00. The molecule has 4 nitrogen and oxygen atoms in total. The normalized spacial score (nSPS) is 22.4. The molecule has 1 aromatic rings. The first kappa shape index (κ1) is 15.4. The zero-order valence-electron chi connectivity index (χ0n) is 11.6. The van der Waals surface area contributed by atoms with E-state index in [1.807, 2.05) is 38.1 Å². The molecule has 110 valence electrons. The number of aryl methyl sites for hydroxylation is 1. The molecule has 1 saturated heterocycles. The van der Waals surface area contributed by atoms with E-state index < -0.39 is 9.84 Å². The van der Waals surface area contributed by atoms with E-state index >= 15 is 0 Å². The standard InChI is InChI=1S/C14H19NO3S2/c1-10-4-3-5-13(8-10)19-11(2)14(16)15-12-6-7-20(17,18)9-12/h3-5,8,11-12H,6-7,9H2,1-2H3,(H,15,16). The summed E-state index contributed by atoms with van der Waals surface area (Å²) in [5, 5.41) is 2.59. The van der Waals surface area contributed by atoms with E-state index in [4.69, 9.17) is 0 Å². The summed E-state index contributed by atoms with van der Waals surface area (Å²) in [6.07, 6.45) is 0.524. The Morgan fingerprint density at radius 2 is 2.20 bits per heavy atom. The quantitative estimate of drug-likeness (QED) is 0.861. The van der Waals surface area contributed by atoms with Gasteiger partial charge in [0.1, 0.15) is 0 Å². The van der Waals surface area contributed by atoms with Gasteiger partial charge in [0, 0.05) is 10.9 Å². The van der Waals surface area contributed by atoms with E-state index in [0.29, 0.717) is 6.42 Å². The van der Waals surface area contributed by atoms with Crippen LogP contribution >= 0.6 is 11.8 Å². The maximum atomic E-state index is 12.1. The van der Waals surface area contributed by atoms with Crippen LogP contribution < -0.4 is 5.32 Å². The average molecular weight is 313 g/mol. The van der Waals surface area contributed by atoms with E-state index in [-0.39, 0.29) is 28.7 Å². The monoisotopic (exact) mass is 313 g/mol. The summed E-state index contributed by atoms with van der Waals surface area (Å²) in [4.78, 5) is 13.1. The molecule has 0 aromatic heterocycles. The molecule has 0 aliphatic carbocycles. The third kappa shape index (κ3) is 4.24. The van der Waals surface area contributed by atoms with Crippen LogP contribution in [0.15, 0.2) is 29.2 Å². The molecule has 1 fully saturated rings. The van der Waals surface area contributed by atoms with Gasteiger partial charge in [-0.3, -0.25) is 4.79 Å². The van der Waals surface area contributed by atoms with Crippen molar-refractivity contribution in [1.29, 1.82) is 0 Å². The summed E-state index contributed by atoms with van der Waals surface area (Å²) in [5.41, 5.74) is 1.16. The first-order chi connectivity index (χ1) is 9.35. The van der Waals surface area contributed by atoms with Crippen LogP contribution in [0.4, 0.5) is 0 Å². The topological polar surface area (TPSA) is 63.2 Å². The van der Waals surface area contributed by atoms with E-state index in [9.17, 15) is 13.2 Å². The van der Waals surface area contributed by atoms with Crippen LogP contribution in [0, 0.1) is 6.92 Å². The molecule has 0 saturated carbocycles. The van der Waals surface area contributed by atoms with E-state index in [2.05, 4.69) is 5.32 Å². The van der Waals surface area contributed by atoms with Gasteiger partial charge in [-0.2, -0.15) is 0 Å². The number of amides is 1. The summed E-state index contributed by atoms with van der Waals surface area (Å²) in [5.74, 6) is 0.149. The molecule has 2 unspecified atom stereocenters. The summed E-state index contributed by atoms with van der Waals surface area (Å²) in [7, 11) is -2.95. The van der Waals surface area contributed by atoms with Crippen molar-refractivity contribution in [1.82, 2.24) is 5.32 Å². The van der Waals surface area contributed by atoms with Crippen molar-refractivity contribution >= 4 is 27.5 Å². The van der Waals surface area contributed by atoms with Gasteiger partial charge in [-0.15, -0.1) is 11.8 Å². The number of hydrogen-bond donors (Lipinski definition) is 1. The minimum atomic E-state index is -2.95. The molecular weight excluding hydrogens is 294 g/mol. The molecule has 2 rings (SSSR count). The number of carbonyl (C=O) groups excluding carboxylic acids is 1. The predicted octanol–water partition coefficient (Wildman–Crippen LogP) is 1.78. The number of benzene rings is 1. The Kier molecular flexibility index (Phi) is 4.75. The van der Waals surface area contributed by atoms with Crippen molar-refractivity contribution in [2.24, 2.45) is 0 Å². The van der Waals surface area contributed by atoms with Crippen LogP contribution in [0.1, 0.15) is 18.9 Å².